The number of carboxylic acids is 1. The average Bonchev–Trinajstić information content (AvgIpc) is 2.76. The van der Waals surface area contributed by atoms with E-state index in [9.17, 15) is 4.79 Å². The van der Waals surface area contributed by atoms with E-state index in [2.05, 4.69) is 5.32 Å². The zero-order valence-corrected chi connectivity index (χ0v) is 11.5. The number of furan rings is 1. The highest BCUT2D eigenvalue weighted by molar-refractivity contribution is 6.35. The van der Waals surface area contributed by atoms with E-state index in [4.69, 9.17) is 32.7 Å². The number of nitrogens with one attached hydrogen (secondary N) is 1. The number of rotatable bonds is 4. The molecule has 1 atom stereocenters. The minimum Gasteiger partial charge on any atom is -0.475 e. The summed E-state index contributed by atoms with van der Waals surface area (Å²) < 4.78 is 5.21. The van der Waals surface area contributed by atoms with E-state index in [1.807, 2.05) is 6.92 Å². The summed E-state index contributed by atoms with van der Waals surface area (Å²) in [6, 6.07) is 7.92. The Morgan fingerprint density at radius 3 is 2.42 bits per heavy atom. The van der Waals surface area contributed by atoms with Gasteiger partial charge in [0.25, 0.3) is 0 Å². The Hall–Kier alpha value is -1.65. The van der Waals surface area contributed by atoms with E-state index in [1.54, 1.807) is 24.3 Å². The Morgan fingerprint density at radius 2 is 1.89 bits per heavy atom. The van der Waals surface area contributed by atoms with E-state index in [0.717, 1.165) is 5.69 Å². The van der Waals surface area contributed by atoms with Crippen LogP contribution in [0.25, 0.3) is 0 Å². The lowest BCUT2D eigenvalue weighted by Crippen LogP contribution is -2.05. The fourth-order valence-electron chi connectivity index (χ4n) is 1.66. The van der Waals surface area contributed by atoms with Crippen molar-refractivity contribution in [2.24, 2.45) is 0 Å². The second-order valence-electron chi connectivity index (χ2n) is 4.03. The molecule has 0 aliphatic carbocycles. The van der Waals surface area contributed by atoms with Crippen LogP contribution in [0.5, 0.6) is 0 Å². The molecule has 19 heavy (non-hydrogen) atoms. The van der Waals surface area contributed by atoms with Crippen molar-refractivity contribution in [1.82, 2.24) is 0 Å². The Balaban J connectivity index is 2.15. The Labute approximate surface area is 119 Å². The Kier molecular flexibility index (Phi) is 4.02. The van der Waals surface area contributed by atoms with Gasteiger partial charge in [0.2, 0.25) is 5.76 Å². The van der Waals surface area contributed by atoms with Crippen molar-refractivity contribution in [3.8, 4) is 0 Å². The van der Waals surface area contributed by atoms with Gasteiger partial charge in [-0.25, -0.2) is 4.79 Å². The highest BCUT2D eigenvalue weighted by Gasteiger charge is 2.14. The monoisotopic (exact) mass is 299 g/mol. The van der Waals surface area contributed by atoms with Crippen LogP contribution < -0.4 is 5.32 Å². The first-order valence-corrected chi connectivity index (χ1v) is 6.27. The van der Waals surface area contributed by atoms with Crippen molar-refractivity contribution >= 4 is 34.9 Å². The molecule has 0 spiro atoms. The van der Waals surface area contributed by atoms with Crippen LogP contribution in [-0.4, -0.2) is 11.1 Å². The summed E-state index contributed by atoms with van der Waals surface area (Å²) in [4.78, 5) is 10.7. The molecule has 0 saturated carbocycles. The molecule has 1 unspecified atom stereocenters. The fraction of sp³-hybridized carbons (Fsp3) is 0.154. The maximum absolute atomic E-state index is 10.7. The summed E-state index contributed by atoms with van der Waals surface area (Å²) in [5.74, 6) is -0.662. The molecule has 2 rings (SSSR count). The van der Waals surface area contributed by atoms with Crippen molar-refractivity contribution in [3.63, 3.8) is 0 Å². The van der Waals surface area contributed by atoms with Crippen molar-refractivity contribution in [2.75, 3.05) is 5.32 Å². The lowest BCUT2D eigenvalue weighted by atomic mass is 10.2. The number of anilines is 1. The SMILES string of the molecule is CC(Nc1cc(Cl)cc(Cl)c1)c1ccc(C(=O)O)o1. The zero-order valence-electron chi connectivity index (χ0n) is 9.98. The van der Waals surface area contributed by atoms with Crippen LogP contribution in [0.4, 0.5) is 5.69 Å². The first-order chi connectivity index (χ1) is 8.95. The predicted octanol–water partition coefficient (Wildman–Crippen LogP) is 4.46. The molecule has 1 aromatic heterocycles. The van der Waals surface area contributed by atoms with Crippen molar-refractivity contribution in [2.45, 2.75) is 13.0 Å². The smallest absolute Gasteiger partial charge is 0.371 e. The first-order valence-electron chi connectivity index (χ1n) is 5.51. The van der Waals surface area contributed by atoms with E-state index in [0.29, 0.717) is 15.8 Å². The molecule has 0 radical (unpaired) electrons. The summed E-state index contributed by atoms with van der Waals surface area (Å²) in [6.07, 6.45) is 0. The van der Waals surface area contributed by atoms with Crippen LogP contribution in [-0.2, 0) is 0 Å². The second-order valence-corrected chi connectivity index (χ2v) is 4.90. The van der Waals surface area contributed by atoms with Gasteiger partial charge in [0.05, 0.1) is 6.04 Å². The van der Waals surface area contributed by atoms with E-state index in [1.165, 1.54) is 6.07 Å². The molecule has 4 nitrogen and oxygen atoms in total. The van der Waals surface area contributed by atoms with Crippen LogP contribution in [0.2, 0.25) is 10.0 Å². The average molecular weight is 300 g/mol. The molecule has 100 valence electrons. The highest BCUT2D eigenvalue weighted by Crippen LogP contribution is 2.26. The minimum absolute atomic E-state index is 0.0900. The molecule has 0 aliphatic rings. The maximum Gasteiger partial charge on any atom is 0.371 e. The zero-order chi connectivity index (χ0) is 14.0. The molecule has 2 aromatic rings. The largest absolute Gasteiger partial charge is 0.475 e. The lowest BCUT2D eigenvalue weighted by Gasteiger charge is -2.13. The molecule has 2 N–H and O–H groups in total. The molecule has 6 heteroatoms. The quantitative estimate of drug-likeness (QED) is 0.875. The molecule has 0 aliphatic heterocycles. The van der Waals surface area contributed by atoms with Gasteiger partial charge in [0.15, 0.2) is 0 Å². The first kappa shape index (κ1) is 13.8. The van der Waals surface area contributed by atoms with Crippen LogP contribution >= 0.6 is 23.2 Å². The number of carbonyl (C=O) groups is 1. The Bertz CT molecular complexity index is 589. The lowest BCUT2D eigenvalue weighted by molar-refractivity contribution is 0.0660. The number of hydrogen-bond donors (Lipinski definition) is 2. The predicted molar refractivity (Wildman–Crippen MR) is 74.2 cm³/mol. The van der Waals surface area contributed by atoms with Gasteiger partial charge in [-0.1, -0.05) is 23.2 Å². The number of benzene rings is 1. The molecular weight excluding hydrogens is 289 g/mol. The third kappa shape index (κ3) is 3.43. The molecule has 0 amide bonds. The number of aromatic carboxylic acids is 1. The number of carboxylic acid groups (broad SMARTS) is 1. The highest BCUT2D eigenvalue weighted by atomic mass is 35.5. The summed E-state index contributed by atoms with van der Waals surface area (Å²) in [6.45, 7) is 1.85. The molecule has 1 aromatic carbocycles. The summed E-state index contributed by atoms with van der Waals surface area (Å²) in [5.41, 5.74) is 0.735. The molecule has 1 heterocycles. The molecule has 0 bridgehead atoms. The van der Waals surface area contributed by atoms with Gasteiger partial charge in [0, 0.05) is 15.7 Å². The second kappa shape index (κ2) is 5.55. The standard InChI is InChI=1S/C13H11Cl2NO3/c1-7(11-2-3-12(19-11)13(17)18)16-10-5-8(14)4-9(15)6-10/h2-7,16H,1H3,(H,17,18). The number of hydrogen-bond acceptors (Lipinski definition) is 3. The van der Waals surface area contributed by atoms with Gasteiger partial charge in [-0.05, 0) is 37.3 Å². The van der Waals surface area contributed by atoms with Gasteiger partial charge in [0.1, 0.15) is 5.76 Å². The minimum atomic E-state index is -1.09. The molecule has 0 saturated heterocycles. The van der Waals surface area contributed by atoms with Crippen molar-refractivity contribution in [1.29, 1.82) is 0 Å². The Morgan fingerprint density at radius 1 is 1.26 bits per heavy atom. The van der Waals surface area contributed by atoms with E-state index < -0.39 is 5.97 Å². The normalized spacial score (nSPS) is 12.2. The van der Waals surface area contributed by atoms with Crippen LogP contribution in [0, 0.1) is 0 Å². The van der Waals surface area contributed by atoms with Crippen LogP contribution in [0.3, 0.4) is 0 Å². The summed E-state index contributed by atoms with van der Waals surface area (Å²) >= 11 is 11.8. The number of halogens is 2. The van der Waals surface area contributed by atoms with Gasteiger partial charge < -0.3 is 14.8 Å². The summed E-state index contributed by atoms with van der Waals surface area (Å²) in [7, 11) is 0. The van der Waals surface area contributed by atoms with Crippen molar-refractivity contribution < 1.29 is 14.3 Å². The van der Waals surface area contributed by atoms with Gasteiger partial charge in [-0.2, -0.15) is 0 Å². The third-order valence-corrected chi connectivity index (χ3v) is 2.95. The maximum atomic E-state index is 10.7. The third-order valence-electron chi connectivity index (χ3n) is 2.51. The van der Waals surface area contributed by atoms with Crippen LogP contribution in [0.15, 0.2) is 34.7 Å². The van der Waals surface area contributed by atoms with E-state index in [-0.39, 0.29) is 11.8 Å². The summed E-state index contributed by atoms with van der Waals surface area (Å²) in [5, 5.41) is 13.0. The van der Waals surface area contributed by atoms with Gasteiger partial charge >= 0.3 is 5.97 Å². The topological polar surface area (TPSA) is 62.5 Å². The molecular formula is C13H11Cl2NO3. The van der Waals surface area contributed by atoms with Crippen LogP contribution in [0.1, 0.15) is 29.3 Å². The van der Waals surface area contributed by atoms with Crippen molar-refractivity contribution in [3.05, 3.63) is 51.9 Å². The molecule has 0 fully saturated rings. The fourth-order valence-corrected chi connectivity index (χ4v) is 2.18. The van der Waals surface area contributed by atoms with Gasteiger partial charge in [-0.15, -0.1) is 0 Å². The van der Waals surface area contributed by atoms with Gasteiger partial charge in [-0.3, -0.25) is 0 Å². The van der Waals surface area contributed by atoms with E-state index >= 15 is 0 Å².